The van der Waals surface area contributed by atoms with Crippen LogP contribution >= 0.6 is 0 Å². The van der Waals surface area contributed by atoms with Crippen LogP contribution in [0.25, 0.3) is 0 Å². The third kappa shape index (κ3) is 5.76. The first-order chi connectivity index (χ1) is 14.1. The van der Waals surface area contributed by atoms with E-state index in [1.165, 1.54) is 11.8 Å². The van der Waals surface area contributed by atoms with Gasteiger partial charge in [-0.3, -0.25) is 19.1 Å². The molecular formula is C20H29F2N5O3. The standard InChI is InChI=1S/C20H29F2N5O3/c1-14-9-23-27(10-14)13-18(29)24-17-4-3-16(11-26(12-17)15(2)28)19(30)25-7-5-20(21,22)6-8-25/h9-10,16-17H,3-8,11-13H2,1-2H3,(H,24,29)/t16-,17+/m1/s1. The molecule has 2 saturated heterocycles. The van der Waals surface area contributed by atoms with Gasteiger partial charge in [-0.05, 0) is 25.3 Å². The van der Waals surface area contributed by atoms with E-state index in [-0.39, 0.29) is 62.8 Å². The van der Waals surface area contributed by atoms with Crippen molar-refractivity contribution in [2.45, 2.75) is 58.0 Å². The molecule has 0 spiro atoms. The number of alkyl halides is 2. The van der Waals surface area contributed by atoms with Crippen LogP contribution in [0.2, 0.25) is 0 Å². The molecule has 2 fully saturated rings. The lowest BCUT2D eigenvalue weighted by Crippen LogP contribution is -2.48. The highest BCUT2D eigenvalue weighted by Crippen LogP contribution is 2.29. The number of carbonyl (C=O) groups excluding carboxylic acids is 3. The molecule has 30 heavy (non-hydrogen) atoms. The summed E-state index contributed by atoms with van der Waals surface area (Å²) in [6.07, 6.45) is 3.81. The highest BCUT2D eigenvalue weighted by Gasteiger charge is 2.38. The summed E-state index contributed by atoms with van der Waals surface area (Å²) in [6.45, 7) is 4.02. The number of rotatable bonds is 4. The first-order valence-electron chi connectivity index (χ1n) is 10.3. The Morgan fingerprint density at radius 2 is 1.87 bits per heavy atom. The minimum Gasteiger partial charge on any atom is -0.350 e. The fourth-order valence-corrected chi connectivity index (χ4v) is 4.05. The van der Waals surface area contributed by atoms with E-state index in [4.69, 9.17) is 0 Å². The fourth-order valence-electron chi connectivity index (χ4n) is 4.05. The average Bonchev–Trinajstić information content (AvgIpc) is 2.95. The minimum absolute atomic E-state index is 0.0336. The topological polar surface area (TPSA) is 87.5 Å². The molecule has 2 aliphatic rings. The van der Waals surface area contributed by atoms with Gasteiger partial charge in [-0.15, -0.1) is 0 Å². The van der Waals surface area contributed by atoms with E-state index in [1.54, 1.807) is 22.0 Å². The molecule has 3 heterocycles. The van der Waals surface area contributed by atoms with Gasteiger partial charge in [0, 0.05) is 58.2 Å². The Morgan fingerprint density at radius 1 is 1.17 bits per heavy atom. The van der Waals surface area contributed by atoms with Crippen molar-refractivity contribution < 1.29 is 23.2 Å². The Morgan fingerprint density at radius 3 is 2.47 bits per heavy atom. The van der Waals surface area contributed by atoms with Crippen LogP contribution < -0.4 is 5.32 Å². The van der Waals surface area contributed by atoms with Crippen molar-refractivity contribution in [3.8, 4) is 0 Å². The van der Waals surface area contributed by atoms with E-state index < -0.39 is 11.8 Å². The summed E-state index contributed by atoms with van der Waals surface area (Å²) in [4.78, 5) is 40.4. The molecule has 1 aromatic heterocycles. The number of nitrogens with one attached hydrogen (secondary N) is 1. The lowest BCUT2D eigenvalue weighted by Gasteiger charge is -2.34. The van der Waals surface area contributed by atoms with E-state index in [0.29, 0.717) is 19.4 Å². The maximum Gasteiger partial charge on any atom is 0.251 e. The number of piperidine rings is 1. The highest BCUT2D eigenvalue weighted by molar-refractivity contribution is 5.81. The maximum atomic E-state index is 13.4. The highest BCUT2D eigenvalue weighted by atomic mass is 19.3. The van der Waals surface area contributed by atoms with Gasteiger partial charge in [-0.2, -0.15) is 5.10 Å². The Labute approximate surface area is 174 Å². The molecule has 3 amide bonds. The van der Waals surface area contributed by atoms with Crippen LogP contribution in [0.1, 0.15) is 38.2 Å². The molecule has 2 atom stereocenters. The average molecular weight is 425 g/mol. The second-order valence-electron chi connectivity index (χ2n) is 8.36. The lowest BCUT2D eigenvalue weighted by atomic mass is 9.98. The summed E-state index contributed by atoms with van der Waals surface area (Å²) in [6, 6.07) is -0.276. The zero-order valence-electron chi connectivity index (χ0n) is 17.4. The number of likely N-dealkylation sites (tertiary alicyclic amines) is 2. The van der Waals surface area contributed by atoms with Gasteiger partial charge >= 0.3 is 0 Å². The van der Waals surface area contributed by atoms with Gasteiger partial charge in [-0.25, -0.2) is 8.78 Å². The van der Waals surface area contributed by atoms with Gasteiger partial charge in [0.05, 0.1) is 12.1 Å². The molecule has 1 N–H and O–H groups in total. The molecule has 166 valence electrons. The maximum absolute atomic E-state index is 13.4. The number of hydrogen-bond acceptors (Lipinski definition) is 4. The fraction of sp³-hybridized carbons (Fsp3) is 0.700. The first-order valence-corrected chi connectivity index (χ1v) is 10.3. The van der Waals surface area contributed by atoms with E-state index in [1.807, 2.05) is 6.92 Å². The summed E-state index contributed by atoms with van der Waals surface area (Å²) < 4.78 is 28.4. The third-order valence-electron chi connectivity index (χ3n) is 5.78. The predicted octanol–water partition coefficient (Wildman–Crippen LogP) is 1.19. The molecule has 0 aromatic carbocycles. The molecule has 3 rings (SSSR count). The van der Waals surface area contributed by atoms with E-state index >= 15 is 0 Å². The van der Waals surface area contributed by atoms with Crippen molar-refractivity contribution in [2.24, 2.45) is 5.92 Å². The molecule has 8 nitrogen and oxygen atoms in total. The summed E-state index contributed by atoms with van der Waals surface area (Å²) >= 11 is 0. The Balaban J connectivity index is 1.59. The number of aryl methyl sites for hydroxylation is 1. The zero-order valence-corrected chi connectivity index (χ0v) is 17.4. The normalized spacial score (nSPS) is 24.3. The number of hydrogen-bond donors (Lipinski definition) is 1. The van der Waals surface area contributed by atoms with Crippen molar-refractivity contribution in [2.75, 3.05) is 26.2 Å². The van der Waals surface area contributed by atoms with Gasteiger partial charge in [0.1, 0.15) is 6.54 Å². The summed E-state index contributed by atoms with van der Waals surface area (Å²) in [7, 11) is 0. The number of nitrogens with zero attached hydrogens (tertiary/aromatic N) is 4. The van der Waals surface area contributed by atoms with Gasteiger partial charge in [0.25, 0.3) is 5.92 Å². The molecule has 2 aliphatic heterocycles. The predicted molar refractivity (Wildman–Crippen MR) is 105 cm³/mol. The van der Waals surface area contributed by atoms with Crippen LogP contribution in [-0.4, -0.2) is 75.4 Å². The van der Waals surface area contributed by atoms with Crippen LogP contribution in [0.5, 0.6) is 0 Å². The molecule has 0 saturated carbocycles. The van der Waals surface area contributed by atoms with E-state index in [0.717, 1.165) is 5.56 Å². The van der Waals surface area contributed by atoms with Gasteiger partial charge in [-0.1, -0.05) is 0 Å². The SMILES string of the molecule is CC(=O)N1C[C@@H](NC(=O)Cn2cc(C)cn2)CC[C@@H](C(=O)N2CCC(F)(F)CC2)C1. The molecule has 0 unspecified atom stereocenters. The first kappa shape index (κ1) is 22.2. The molecular weight excluding hydrogens is 396 g/mol. The molecule has 0 radical (unpaired) electrons. The van der Waals surface area contributed by atoms with E-state index in [9.17, 15) is 23.2 Å². The largest absolute Gasteiger partial charge is 0.350 e. The number of amides is 3. The molecule has 1 aromatic rings. The Hall–Kier alpha value is -2.52. The summed E-state index contributed by atoms with van der Waals surface area (Å²) in [5, 5.41) is 7.03. The van der Waals surface area contributed by atoms with Crippen LogP contribution in [0.15, 0.2) is 12.4 Å². The molecule has 0 bridgehead atoms. The van der Waals surface area contributed by atoms with Crippen LogP contribution in [0, 0.1) is 12.8 Å². The van der Waals surface area contributed by atoms with Gasteiger partial charge < -0.3 is 15.1 Å². The molecule has 10 heteroatoms. The second-order valence-corrected chi connectivity index (χ2v) is 8.36. The summed E-state index contributed by atoms with van der Waals surface area (Å²) in [5.41, 5.74) is 0.955. The Bertz CT molecular complexity index is 787. The van der Waals surface area contributed by atoms with Crippen LogP contribution in [0.3, 0.4) is 0 Å². The van der Waals surface area contributed by atoms with Crippen LogP contribution in [-0.2, 0) is 20.9 Å². The summed E-state index contributed by atoms with van der Waals surface area (Å²) in [5.74, 6) is -3.74. The van der Waals surface area contributed by atoms with E-state index in [2.05, 4.69) is 10.4 Å². The van der Waals surface area contributed by atoms with Crippen molar-refractivity contribution >= 4 is 17.7 Å². The van der Waals surface area contributed by atoms with Crippen molar-refractivity contribution in [3.05, 3.63) is 18.0 Å². The third-order valence-corrected chi connectivity index (χ3v) is 5.78. The van der Waals surface area contributed by atoms with Gasteiger partial charge in [0.2, 0.25) is 17.7 Å². The van der Waals surface area contributed by atoms with Crippen molar-refractivity contribution in [3.63, 3.8) is 0 Å². The number of halogens is 2. The Kier molecular flexibility index (Phi) is 6.72. The quantitative estimate of drug-likeness (QED) is 0.785. The molecule has 0 aliphatic carbocycles. The zero-order chi connectivity index (χ0) is 21.9. The minimum atomic E-state index is -2.71. The second kappa shape index (κ2) is 9.09. The van der Waals surface area contributed by atoms with Crippen molar-refractivity contribution in [1.29, 1.82) is 0 Å². The number of carbonyl (C=O) groups is 3. The van der Waals surface area contributed by atoms with Crippen LogP contribution in [0.4, 0.5) is 8.78 Å². The number of aromatic nitrogens is 2. The van der Waals surface area contributed by atoms with Gasteiger partial charge in [0.15, 0.2) is 0 Å². The van der Waals surface area contributed by atoms with Crippen molar-refractivity contribution in [1.82, 2.24) is 24.9 Å². The monoisotopic (exact) mass is 425 g/mol. The smallest absolute Gasteiger partial charge is 0.251 e. The lowest BCUT2D eigenvalue weighted by molar-refractivity contribution is -0.143.